The van der Waals surface area contributed by atoms with Crippen LogP contribution in [0.4, 0.5) is 4.39 Å². The number of esters is 1. The maximum absolute atomic E-state index is 12.9. The molecule has 28 heavy (non-hydrogen) atoms. The van der Waals surface area contributed by atoms with Crippen molar-refractivity contribution in [2.24, 2.45) is 0 Å². The Hall–Kier alpha value is -2.64. The Morgan fingerprint density at radius 1 is 1.18 bits per heavy atom. The third-order valence-electron chi connectivity index (χ3n) is 3.73. The fourth-order valence-corrected chi connectivity index (χ4v) is 3.29. The van der Waals surface area contributed by atoms with Crippen LogP contribution in [0.2, 0.25) is 5.02 Å². The molecule has 1 heterocycles. The van der Waals surface area contributed by atoms with Gasteiger partial charge in [0.1, 0.15) is 35.5 Å². The number of nitrogens with zero attached hydrogens (tertiary/aromatic N) is 1. The number of carbonyl (C=O) groups is 1. The topological polar surface area (TPSA) is 57.7 Å². The molecule has 146 valence electrons. The molecule has 0 aliphatic rings. The fourth-order valence-electron chi connectivity index (χ4n) is 2.39. The molecule has 0 radical (unpaired) electrons. The number of thiazole rings is 1. The number of hydrogen-bond donors (Lipinski definition) is 0. The van der Waals surface area contributed by atoms with Gasteiger partial charge in [0.2, 0.25) is 0 Å². The number of ether oxygens (including phenoxy) is 3. The summed E-state index contributed by atoms with van der Waals surface area (Å²) in [6.45, 7) is 0.304. The van der Waals surface area contributed by atoms with Crippen LogP contribution in [0, 0.1) is 5.82 Å². The van der Waals surface area contributed by atoms with Gasteiger partial charge in [-0.15, -0.1) is 11.3 Å². The number of carbonyl (C=O) groups excluding carboxylic acids is 1. The zero-order valence-electron chi connectivity index (χ0n) is 15.0. The molecule has 0 unspecified atom stereocenters. The lowest BCUT2D eigenvalue weighted by molar-refractivity contribution is -0.144. The van der Waals surface area contributed by atoms with Gasteiger partial charge >= 0.3 is 5.97 Å². The molecule has 1 aromatic heterocycles. The van der Waals surface area contributed by atoms with Crippen LogP contribution in [0.1, 0.15) is 16.3 Å². The molecular weight excluding hydrogens is 405 g/mol. The smallest absolute Gasteiger partial charge is 0.312 e. The predicted octanol–water partition coefficient (Wildman–Crippen LogP) is 4.81. The summed E-state index contributed by atoms with van der Waals surface area (Å²) in [7, 11) is 1.54. The molecule has 0 N–H and O–H groups in total. The third kappa shape index (κ3) is 5.68. The summed E-state index contributed by atoms with van der Waals surface area (Å²) in [6, 6.07) is 10.9. The van der Waals surface area contributed by atoms with E-state index in [0.29, 0.717) is 32.8 Å². The number of rotatable bonds is 8. The first-order valence-corrected chi connectivity index (χ1v) is 9.59. The van der Waals surface area contributed by atoms with Gasteiger partial charge in [-0.25, -0.2) is 9.37 Å². The van der Waals surface area contributed by atoms with Crippen molar-refractivity contribution in [3.05, 3.63) is 74.9 Å². The maximum atomic E-state index is 12.9. The standard InChI is InChI=1S/C20H17ClFNO4S/c1-25-18-7-2-14(21)8-13(18)10-27-20(24)9-16-12-28-19(23-16)11-26-17-5-3-15(22)4-6-17/h2-8,12H,9-11H2,1H3. The van der Waals surface area contributed by atoms with Crippen LogP contribution in [0.5, 0.6) is 11.5 Å². The molecule has 3 aromatic rings. The number of benzene rings is 2. The Kier molecular flexibility index (Phi) is 6.84. The van der Waals surface area contributed by atoms with E-state index in [0.717, 1.165) is 0 Å². The summed E-state index contributed by atoms with van der Waals surface area (Å²) >= 11 is 7.35. The van der Waals surface area contributed by atoms with Crippen LogP contribution < -0.4 is 9.47 Å². The molecule has 5 nitrogen and oxygen atoms in total. The van der Waals surface area contributed by atoms with Gasteiger partial charge in [0, 0.05) is 16.0 Å². The fraction of sp³-hybridized carbons (Fsp3) is 0.200. The molecule has 0 aliphatic heterocycles. The van der Waals surface area contributed by atoms with Gasteiger partial charge in [-0.2, -0.15) is 0 Å². The summed E-state index contributed by atoms with van der Waals surface area (Å²) in [5, 5.41) is 3.03. The largest absolute Gasteiger partial charge is 0.496 e. The summed E-state index contributed by atoms with van der Waals surface area (Å²) < 4.78 is 29.0. The van der Waals surface area contributed by atoms with Crippen molar-refractivity contribution in [2.75, 3.05) is 7.11 Å². The molecule has 0 atom stereocenters. The second-order valence-corrected chi connectivity index (χ2v) is 7.15. The Morgan fingerprint density at radius 3 is 2.71 bits per heavy atom. The van der Waals surface area contributed by atoms with E-state index >= 15 is 0 Å². The first-order valence-electron chi connectivity index (χ1n) is 8.33. The van der Waals surface area contributed by atoms with Crippen molar-refractivity contribution < 1.29 is 23.4 Å². The number of hydrogen-bond acceptors (Lipinski definition) is 6. The molecule has 3 rings (SSSR count). The van der Waals surface area contributed by atoms with Crippen molar-refractivity contribution in [1.29, 1.82) is 0 Å². The van der Waals surface area contributed by atoms with Crippen molar-refractivity contribution >= 4 is 28.9 Å². The predicted molar refractivity (Wildman–Crippen MR) is 104 cm³/mol. The van der Waals surface area contributed by atoms with E-state index < -0.39 is 5.97 Å². The summed E-state index contributed by atoms with van der Waals surface area (Å²) in [6.07, 6.45) is 0.0515. The van der Waals surface area contributed by atoms with E-state index in [2.05, 4.69) is 4.98 Å². The monoisotopic (exact) mass is 421 g/mol. The van der Waals surface area contributed by atoms with Gasteiger partial charge in [-0.05, 0) is 42.5 Å². The Morgan fingerprint density at radius 2 is 1.96 bits per heavy atom. The second-order valence-electron chi connectivity index (χ2n) is 5.77. The van der Waals surface area contributed by atoms with Crippen LogP contribution in [-0.4, -0.2) is 18.1 Å². The minimum atomic E-state index is -0.404. The zero-order valence-corrected chi connectivity index (χ0v) is 16.6. The first-order chi connectivity index (χ1) is 13.5. The molecule has 0 saturated heterocycles. The van der Waals surface area contributed by atoms with Gasteiger partial charge in [-0.3, -0.25) is 4.79 Å². The lowest BCUT2D eigenvalue weighted by Crippen LogP contribution is -2.09. The SMILES string of the molecule is COc1ccc(Cl)cc1COC(=O)Cc1csc(COc2ccc(F)cc2)n1. The Bertz CT molecular complexity index is 946. The molecule has 0 saturated carbocycles. The van der Waals surface area contributed by atoms with Crippen molar-refractivity contribution in [2.45, 2.75) is 19.6 Å². The van der Waals surface area contributed by atoms with Gasteiger partial charge in [0.05, 0.1) is 19.2 Å². The maximum Gasteiger partial charge on any atom is 0.312 e. The highest BCUT2D eigenvalue weighted by Crippen LogP contribution is 2.23. The minimum Gasteiger partial charge on any atom is -0.496 e. The van der Waals surface area contributed by atoms with Crippen LogP contribution in [0.3, 0.4) is 0 Å². The van der Waals surface area contributed by atoms with Crippen LogP contribution in [0.25, 0.3) is 0 Å². The second kappa shape index (κ2) is 9.52. The molecule has 0 fully saturated rings. The van der Waals surface area contributed by atoms with Gasteiger partial charge in [0.15, 0.2) is 0 Å². The first kappa shape index (κ1) is 20.1. The highest BCUT2D eigenvalue weighted by molar-refractivity contribution is 7.09. The van der Waals surface area contributed by atoms with Crippen LogP contribution in [-0.2, 0) is 29.2 Å². The number of halogens is 2. The quantitative estimate of drug-likeness (QED) is 0.488. The molecule has 0 bridgehead atoms. The number of methoxy groups -OCH3 is 1. The van der Waals surface area contributed by atoms with Crippen molar-refractivity contribution in [3.63, 3.8) is 0 Å². The van der Waals surface area contributed by atoms with E-state index in [1.165, 1.54) is 23.5 Å². The van der Waals surface area contributed by atoms with Crippen LogP contribution in [0.15, 0.2) is 47.8 Å². The van der Waals surface area contributed by atoms with Crippen LogP contribution >= 0.6 is 22.9 Å². The zero-order chi connectivity index (χ0) is 19.9. The van der Waals surface area contributed by atoms with Gasteiger partial charge in [-0.1, -0.05) is 11.6 Å². The molecule has 8 heteroatoms. The normalized spacial score (nSPS) is 10.5. The lowest BCUT2D eigenvalue weighted by Gasteiger charge is -2.09. The van der Waals surface area contributed by atoms with E-state index in [-0.39, 0.29) is 25.5 Å². The van der Waals surface area contributed by atoms with Gasteiger partial charge < -0.3 is 14.2 Å². The molecule has 2 aromatic carbocycles. The summed E-state index contributed by atoms with van der Waals surface area (Å²) in [5.41, 5.74) is 1.29. The van der Waals surface area contributed by atoms with Crippen molar-refractivity contribution in [3.8, 4) is 11.5 Å². The average Bonchev–Trinajstić information content (AvgIpc) is 3.13. The highest BCUT2D eigenvalue weighted by atomic mass is 35.5. The molecular formula is C20H17ClFNO4S. The average molecular weight is 422 g/mol. The summed E-state index contributed by atoms with van der Waals surface area (Å²) in [5.74, 6) is 0.426. The van der Waals surface area contributed by atoms with E-state index in [9.17, 15) is 9.18 Å². The molecule has 0 spiro atoms. The summed E-state index contributed by atoms with van der Waals surface area (Å²) in [4.78, 5) is 16.5. The number of aromatic nitrogens is 1. The van der Waals surface area contributed by atoms with E-state index in [1.54, 1.807) is 42.8 Å². The Labute approximate surface area is 170 Å². The Balaban J connectivity index is 1.50. The highest BCUT2D eigenvalue weighted by Gasteiger charge is 2.12. The van der Waals surface area contributed by atoms with E-state index in [1.807, 2.05) is 0 Å². The third-order valence-corrected chi connectivity index (χ3v) is 4.84. The van der Waals surface area contributed by atoms with Gasteiger partial charge in [0.25, 0.3) is 0 Å². The van der Waals surface area contributed by atoms with Crippen molar-refractivity contribution in [1.82, 2.24) is 4.98 Å². The van der Waals surface area contributed by atoms with E-state index in [4.69, 9.17) is 25.8 Å². The lowest BCUT2D eigenvalue weighted by atomic mass is 10.2. The molecule has 0 aliphatic carbocycles. The molecule has 0 amide bonds. The minimum absolute atomic E-state index is 0.0515.